The van der Waals surface area contributed by atoms with E-state index in [0.717, 1.165) is 32.5 Å². The third kappa shape index (κ3) is 3.72. The summed E-state index contributed by atoms with van der Waals surface area (Å²) in [5.74, 6) is 0. The maximum absolute atomic E-state index is 5.44. The van der Waals surface area contributed by atoms with E-state index in [9.17, 15) is 0 Å². The predicted octanol–water partition coefficient (Wildman–Crippen LogP) is 2.60. The van der Waals surface area contributed by atoms with Crippen LogP contribution in [0, 0.1) is 0 Å². The summed E-state index contributed by atoms with van der Waals surface area (Å²) in [7, 11) is 1.82. The van der Waals surface area contributed by atoms with E-state index in [1.807, 2.05) is 13.2 Å². The first-order chi connectivity index (χ1) is 8.79. The lowest BCUT2D eigenvalue weighted by Gasteiger charge is -2.37. The molecule has 3 nitrogen and oxygen atoms in total. The Kier molecular flexibility index (Phi) is 5.02. The summed E-state index contributed by atoms with van der Waals surface area (Å²) in [4.78, 5) is 2.55. The van der Waals surface area contributed by atoms with Gasteiger partial charge in [-0.05, 0) is 31.9 Å². The quantitative estimate of drug-likeness (QED) is 0.867. The van der Waals surface area contributed by atoms with Gasteiger partial charge < -0.3 is 10.1 Å². The first-order valence-electron chi connectivity index (χ1n) is 6.85. The Morgan fingerprint density at radius 1 is 1.33 bits per heavy atom. The van der Waals surface area contributed by atoms with Crippen molar-refractivity contribution in [1.82, 2.24) is 4.90 Å². The maximum atomic E-state index is 5.44. The highest BCUT2D eigenvalue weighted by molar-refractivity contribution is 5.42. The molecule has 1 N–H and O–H groups in total. The van der Waals surface area contributed by atoms with Gasteiger partial charge in [0.1, 0.15) is 0 Å². The summed E-state index contributed by atoms with van der Waals surface area (Å²) in [6.07, 6.45) is 2.77. The van der Waals surface area contributed by atoms with Crippen molar-refractivity contribution in [3.8, 4) is 0 Å². The number of hydrogen-bond acceptors (Lipinski definition) is 3. The van der Waals surface area contributed by atoms with Crippen LogP contribution in [0.1, 0.15) is 19.8 Å². The van der Waals surface area contributed by atoms with Gasteiger partial charge in [0.05, 0.1) is 6.10 Å². The second-order valence-corrected chi connectivity index (χ2v) is 5.06. The Hall–Kier alpha value is -1.06. The number of nitrogens with one attached hydrogen (secondary N) is 1. The Morgan fingerprint density at radius 2 is 2.11 bits per heavy atom. The highest BCUT2D eigenvalue weighted by Gasteiger charge is 2.24. The zero-order chi connectivity index (χ0) is 12.8. The monoisotopic (exact) mass is 248 g/mol. The van der Waals surface area contributed by atoms with Gasteiger partial charge in [-0.1, -0.05) is 18.2 Å². The Morgan fingerprint density at radius 3 is 2.78 bits per heavy atom. The van der Waals surface area contributed by atoms with Gasteiger partial charge in [-0.15, -0.1) is 0 Å². The van der Waals surface area contributed by atoms with Crippen LogP contribution in [0.5, 0.6) is 0 Å². The minimum Gasteiger partial charge on any atom is -0.384 e. The van der Waals surface area contributed by atoms with Crippen LogP contribution in [0.15, 0.2) is 30.3 Å². The van der Waals surface area contributed by atoms with Gasteiger partial charge in [-0.3, -0.25) is 4.90 Å². The van der Waals surface area contributed by atoms with Crippen molar-refractivity contribution >= 4 is 5.69 Å². The molecule has 0 amide bonds. The number of hydrogen-bond donors (Lipinski definition) is 1. The first-order valence-corrected chi connectivity index (χ1v) is 6.85. The first kappa shape index (κ1) is 13.4. The lowest BCUT2D eigenvalue weighted by atomic mass is 10.0. The second-order valence-electron chi connectivity index (χ2n) is 5.06. The fourth-order valence-electron chi connectivity index (χ4n) is 2.62. The molecule has 0 aromatic heterocycles. The van der Waals surface area contributed by atoms with Crippen molar-refractivity contribution in [3.63, 3.8) is 0 Å². The van der Waals surface area contributed by atoms with Crippen molar-refractivity contribution in [2.24, 2.45) is 0 Å². The Bertz CT molecular complexity index is 342. The highest BCUT2D eigenvalue weighted by Crippen LogP contribution is 2.18. The van der Waals surface area contributed by atoms with Gasteiger partial charge in [0.25, 0.3) is 0 Å². The average molecular weight is 248 g/mol. The SMILES string of the molecule is COC1CCN(CCNc2ccccc2)C(C)C1. The molecule has 0 bridgehead atoms. The zero-order valence-electron chi connectivity index (χ0n) is 11.4. The largest absolute Gasteiger partial charge is 0.384 e. The van der Waals surface area contributed by atoms with Crippen LogP contribution in [-0.2, 0) is 4.74 Å². The van der Waals surface area contributed by atoms with Crippen LogP contribution in [0.4, 0.5) is 5.69 Å². The van der Waals surface area contributed by atoms with E-state index < -0.39 is 0 Å². The van der Waals surface area contributed by atoms with Crippen LogP contribution >= 0.6 is 0 Å². The third-order valence-electron chi connectivity index (χ3n) is 3.80. The topological polar surface area (TPSA) is 24.5 Å². The van der Waals surface area contributed by atoms with Crippen molar-refractivity contribution < 1.29 is 4.74 Å². The number of likely N-dealkylation sites (tertiary alicyclic amines) is 1. The Labute approximate surface area is 110 Å². The number of rotatable bonds is 5. The molecule has 0 radical (unpaired) electrons. The minimum absolute atomic E-state index is 0.457. The van der Waals surface area contributed by atoms with Gasteiger partial charge in [0.15, 0.2) is 0 Å². The van der Waals surface area contributed by atoms with Crippen LogP contribution in [0.3, 0.4) is 0 Å². The number of benzene rings is 1. The molecule has 1 fully saturated rings. The number of nitrogens with zero attached hydrogens (tertiary/aromatic N) is 1. The molecule has 0 spiro atoms. The van der Waals surface area contributed by atoms with E-state index in [-0.39, 0.29) is 0 Å². The van der Waals surface area contributed by atoms with Crippen molar-refractivity contribution in [3.05, 3.63) is 30.3 Å². The number of piperidine rings is 1. The summed E-state index contributed by atoms with van der Waals surface area (Å²) in [5.41, 5.74) is 1.21. The number of anilines is 1. The summed E-state index contributed by atoms with van der Waals surface area (Å²) in [6.45, 7) is 5.56. The van der Waals surface area contributed by atoms with E-state index in [2.05, 4.69) is 41.4 Å². The summed E-state index contributed by atoms with van der Waals surface area (Å²) < 4.78 is 5.44. The molecule has 1 heterocycles. The second kappa shape index (κ2) is 6.76. The van der Waals surface area contributed by atoms with Crippen molar-refractivity contribution in [2.75, 3.05) is 32.1 Å². The molecule has 100 valence electrons. The normalized spacial score (nSPS) is 25.0. The summed E-state index contributed by atoms with van der Waals surface area (Å²) in [6, 6.07) is 11.0. The Balaban J connectivity index is 1.71. The molecule has 3 heteroatoms. The lowest BCUT2D eigenvalue weighted by molar-refractivity contribution is 0.0176. The molecule has 0 aliphatic carbocycles. The molecule has 2 atom stereocenters. The van der Waals surface area contributed by atoms with E-state index in [1.165, 1.54) is 5.69 Å². The van der Waals surface area contributed by atoms with Crippen molar-refractivity contribution in [1.29, 1.82) is 0 Å². The minimum atomic E-state index is 0.457. The smallest absolute Gasteiger partial charge is 0.0598 e. The predicted molar refractivity (Wildman–Crippen MR) is 76.0 cm³/mol. The number of methoxy groups -OCH3 is 1. The third-order valence-corrected chi connectivity index (χ3v) is 3.80. The molecule has 0 saturated carbocycles. The molecule has 18 heavy (non-hydrogen) atoms. The average Bonchev–Trinajstić information content (AvgIpc) is 2.42. The van der Waals surface area contributed by atoms with Gasteiger partial charge in [-0.2, -0.15) is 0 Å². The standard InChI is InChI=1S/C15H24N2O/c1-13-12-15(18-2)8-10-17(13)11-9-16-14-6-4-3-5-7-14/h3-7,13,15-16H,8-12H2,1-2H3. The van der Waals surface area contributed by atoms with Gasteiger partial charge in [-0.25, -0.2) is 0 Å². The summed E-state index contributed by atoms with van der Waals surface area (Å²) in [5, 5.41) is 3.46. The molecule has 1 aromatic carbocycles. The molecule has 2 unspecified atom stereocenters. The highest BCUT2D eigenvalue weighted by atomic mass is 16.5. The van der Waals surface area contributed by atoms with Gasteiger partial charge in [0, 0.05) is 38.5 Å². The van der Waals surface area contributed by atoms with Gasteiger partial charge >= 0.3 is 0 Å². The lowest BCUT2D eigenvalue weighted by Crippen LogP contribution is -2.45. The molecule has 1 saturated heterocycles. The summed E-state index contributed by atoms with van der Waals surface area (Å²) >= 11 is 0. The van der Waals surface area contributed by atoms with E-state index in [0.29, 0.717) is 12.1 Å². The molecule has 1 aliphatic heterocycles. The molecule has 1 aliphatic rings. The van der Waals surface area contributed by atoms with E-state index in [4.69, 9.17) is 4.74 Å². The number of para-hydroxylation sites is 1. The van der Waals surface area contributed by atoms with E-state index >= 15 is 0 Å². The van der Waals surface area contributed by atoms with Crippen LogP contribution in [0.25, 0.3) is 0 Å². The number of ether oxygens (including phenoxy) is 1. The molecule has 1 aromatic rings. The molecule has 2 rings (SSSR count). The maximum Gasteiger partial charge on any atom is 0.0598 e. The molecular weight excluding hydrogens is 224 g/mol. The molecular formula is C15H24N2O. The van der Waals surface area contributed by atoms with Crippen LogP contribution < -0.4 is 5.32 Å². The fraction of sp³-hybridized carbons (Fsp3) is 0.600. The van der Waals surface area contributed by atoms with Crippen LogP contribution in [-0.4, -0.2) is 43.8 Å². The fourth-order valence-corrected chi connectivity index (χ4v) is 2.62. The van der Waals surface area contributed by atoms with E-state index in [1.54, 1.807) is 0 Å². The zero-order valence-corrected chi connectivity index (χ0v) is 11.4. The van der Waals surface area contributed by atoms with Gasteiger partial charge in [0.2, 0.25) is 0 Å². The van der Waals surface area contributed by atoms with Crippen molar-refractivity contribution in [2.45, 2.75) is 31.9 Å². The van der Waals surface area contributed by atoms with Crippen LogP contribution in [0.2, 0.25) is 0 Å².